The third-order valence-corrected chi connectivity index (χ3v) is 3.89. The lowest BCUT2D eigenvalue weighted by atomic mass is 10.1. The summed E-state index contributed by atoms with van der Waals surface area (Å²) in [4.78, 5) is 16.5. The monoisotopic (exact) mass is 271 g/mol. The summed E-state index contributed by atoms with van der Waals surface area (Å²) in [5.41, 5.74) is 2.63. The summed E-state index contributed by atoms with van der Waals surface area (Å²) in [6, 6.07) is 7.68. The topological polar surface area (TPSA) is 46.9 Å². The van der Waals surface area contributed by atoms with Crippen molar-refractivity contribution in [3.05, 3.63) is 47.1 Å². The molecule has 0 aliphatic rings. The van der Waals surface area contributed by atoms with Gasteiger partial charge in [0.05, 0.1) is 5.69 Å². The van der Waals surface area contributed by atoms with E-state index >= 15 is 0 Å². The van der Waals surface area contributed by atoms with Gasteiger partial charge in [-0.2, -0.15) is 0 Å². The largest absolute Gasteiger partial charge is 0.351 e. The number of rotatable bonds is 2. The molecule has 1 N–H and O–H groups in total. The van der Waals surface area contributed by atoms with Gasteiger partial charge in [-0.1, -0.05) is 6.07 Å². The van der Waals surface area contributed by atoms with E-state index in [1.807, 2.05) is 54.4 Å². The number of amides is 1. The van der Waals surface area contributed by atoms with Gasteiger partial charge < -0.3 is 4.57 Å². The van der Waals surface area contributed by atoms with E-state index in [1.165, 1.54) is 11.3 Å². The minimum absolute atomic E-state index is 0.119. The van der Waals surface area contributed by atoms with Crippen LogP contribution in [0.5, 0.6) is 0 Å². The zero-order valence-electron chi connectivity index (χ0n) is 10.7. The van der Waals surface area contributed by atoms with Crippen molar-refractivity contribution in [1.29, 1.82) is 0 Å². The number of carbonyl (C=O) groups is 1. The number of hydrogen-bond donors (Lipinski definition) is 1. The van der Waals surface area contributed by atoms with Crippen LogP contribution in [-0.2, 0) is 7.05 Å². The Morgan fingerprint density at radius 1 is 1.37 bits per heavy atom. The van der Waals surface area contributed by atoms with Crippen molar-refractivity contribution in [2.45, 2.75) is 6.92 Å². The molecular weight excluding hydrogens is 258 g/mol. The highest BCUT2D eigenvalue weighted by Crippen LogP contribution is 2.21. The fourth-order valence-electron chi connectivity index (χ4n) is 2.08. The second-order valence-electron chi connectivity index (χ2n) is 4.41. The quantitative estimate of drug-likeness (QED) is 0.778. The third-order valence-electron chi connectivity index (χ3n) is 3.01. The number of benzene rings is 1. The SMILES string of the molecule is Cc1csc(NC(=O)c2cccc3c2ccn3C)n1. The maximum absolute atomic E-state index is 12.3. The average Bonchev–Trinajstić information content (AvgIpc) is 2.96. The molecule has 0 fully saturated rings. The summed E-state index contributed by atoms with van der Waals surface area (Å²) in [6.07, 6.45) is 1.95. The van der Waals surface area contributed by atoms with Crippen LogP contribution in [0.2, 0.25) is 0 Å². The van der Waals surface area contributed by atoms with Gasteiger partial charge in [-0.3, -0.25) is 10.1 Å². The molecule has 0 saturated heterocycles. The number of thiazole rings is 1. The minimum Gasteiger partial charge on any atom is -0.351 e. The highest BCUT2D eigenvalue weighted by molar-refractivity contribution is 7.13. The van der Waals surface area contributed by atoms with E-state index in [2.05, 4.69) is 10.3 Å². The van der Waals surface area contributed by atoms with Crippen LogP contribution in [0.1, 0.15) is 16.1 Å². The standard InChI is InChI=1S/C14H13N3OS/c1-9-8-19-14(15-9)16-13(18)11-4-3-5-12-10(11)6-7-17(12)2/h3-8H,1-2H3,(H,15,16,18). The smallest absolute Gasteiger partial charge is 0.258 e. The average molecular weight is 271 g/mol. The Kier molecular flexibility index (Phi) is 2.83. The molecule has 0 atom stereocenters. The number of nitrogens with one attached hydrogen (secondary N) is 1. The van der Waals surface area contributed by atoms with Crippen molar-refractivity contribution in [3.63, 3.8) is 0 Å². The summed E-state index contributed by atoms with van der Waals surface area (Å²) in [5.74, 6) is -0.119. The Hall–Kier alpha value is -2.14. The zero-order chi connectivity index (χ0) is 13.4. The van der Waals surface area contributed by atoms with Crippen molar-refractivity contribution in [1.82, 2.24) is 9.55 Å². The molecule has 1 aromatic carbocycles. The molecule has 2 heterocycles. The van der Waals surface area contributed by atoms with E-state index in [4.69, 9.17) is 0 Å². The van der Waals surface area contributed by atoms with E-state index in [1.54, 1.807) is 0 Å². The van der Waals surface area contributed by atoms with Gasteiger partial charge >= 0.3 is 0 Å². The number of nitrogens with zero attached hydrogens (tertiary/aromatic N) is 2. The Morgan fingerprint density at radius 3 is 2.95 bits per heavy atom. The fraction of sp³-hybridized carbons (Fsp3) is 0.143. The van der Waals surface area contributed by atoms with Crippen molar-refractivity contribution in [3.8, 4) is 0 Å². The molecule has 5 heteroatoms. The number of fused-ring (bicyclic) bond motifs is 1. The van der Waals surface area contributed by atoms with Crippen LogP contribution in [0.25, 0.3) is 10.9 Å². The number of carbonyl (C=O) groups excluding carboxylic acids is 1. The molecule has 0 aliphatic heterocycles. The summed E-state index contributed by atoms with van der Waals surface area (Å²) in [7, 11) is 1.97. The van der Waals surface area contributed by atoms with Gasteiger partial charge in [0.25, 0.3) is 5.91 Å². The van der Waals surface area contributed by atoms with Gasteiger partial charge in [0.1, 0.15) is 0 Å². The molecule has 1 amide bonds. The molecule has 3 rings (SSSR count). The van der Waals surface area contributed by atoms with Gasteiger partial charge in [0.2, 0.25) is 0 Å². The molecule has 2 aromatic heterocycles. The van der Waals surface area contributed by atoms with E-state index in [0.717, 1.165) is 16.6 Å². The predicted octanol–water partition coefficient (Wildman–Crippen LogP) is 3.20. The Balaban J connectivity index is 1.97. The van der Waals surface area contributed by atoms with Crippen molar-refractivity contribution < 1.29 is 4.79 Å². The Labute approximate surface area is 114 Å². The molecule has 0 radical (unpaired) electrons. The predicted molar refractivity (Wildman–Crippen MR) is 77.7 cm³/mol. The molecule has 0 spiro atoms. The molecule has 0 saturated carbocycles. The number of anilines is 1. The third kappa shape index (κ3) is 2.13. The summed E-state index contributed by atoms with van der Waals surface area (Å²) in [5, 5.41) is 6.34. The van der Waals surface area contributed by atoms with Crippen LogP contribution in [0, 0.1) is 6.92 Å². The van der Waals surface area contributed by atoms with Crippen LogP contribution in [-0.4, -0.2) is 15.5 Å². The normalized spacial score (nSPS) is 10.8. The molecule has 96 valence electrons. The minimum atomic E-state index is -0.119. The van der Waals surface area contributed by atoms with Crippen LogP contribution >= 0.6 is 11.3 Å². The molecule has 19 heavy (non-hydrogen) atoms. The maximum Gasteiger partial charge on any atom is 0.258 e. The highest BCUT2D eigenvalue weighted by atomic mass is 32.1. The first-order chi connectivity index (χ1) is 9.15. The molecule has 0 bridgehead atoms. The molecule has 4 nitrogen and oxygen atoms in total. The van der Waals surface area contributed by atoms with Crippen molar-refractivity contribution in [2.24, 2.45) is 7.05 Å². The van der Waals surface area contributed by atoms with Gasteiger partial charge in [0.15, 0.2) is 5.13 Å². The maximum atomic E-state index is 12.3. The summed E-state index contributed by atoms with van der Waals surface area (Å²) >= 11 is 1.43. The van der Waals surface area contributed by atoms with E-state index in [0.29, 0.717) is 10.7 Å². The number of aryl methyl sites for hydroxylation is 2. The first kappa shape index (κ1) is 11.9. The van der Waals surface area contributed by atoms with E-state index < -0.39 is 0 Å². The van der Waals surface area contributed by atoms with Crippen LogP contribution in [0.15, 0.2) is 35.8 Å². The second-order valence-corrected chi connectivity index (χ2v) is 5.27. The van der Waals surface area contributed by atoms with Crippen molar-refractivity contribution in [2.75, 3.05) is 5.32 Å². The van der Waals surface area contributed by atoms with E-state index in [9.17, 15) is 4.79 Å². The number of aromatic nitrogens is 2. The van der Waals surface area contributed by atoms with Gasteiger partial charge in [0, 0.05) is 35.1 Å². The first-order valence-corrected chi connectivity index (χ1v) is 6.80. The fourth-order valence-corrected chi connectivity index (χ4v) is 2.76. The molecule has 0 unspecified atom stereocenters. The lowest BCUT2D eigenvalue weighted by Gasteiger charge is -2.04. The van der Waals surface area contributed by atoms with Crippen LogP contribution in [0.3, 0.4) is 0 Å². The Morgan fingerprint density at radius 2 is 2.21 bits per heavy atom. The molecule has 3 aromatic rings. The van der Waals surface area contributed by atoms with Crippen molar-refractivity contribution >= 4 is 33.3 Å². The lowest BCUT2D eigenvalue weighted by Crippen LogP contribution is -2.12. The second kappa shape index (κ2) is 4.51. The lowest BCUT2D eigenvalue weighted by molar-refractivity contribution is 0.102. The molecule has 0 aliphatic carbocycles. The molecular formula is C14H13N3OS. The zero-order valence-corrected chi connectivity index (χ0v) is 11.5. The van der Waals surface area contributed by atoms with Crippen LogP contribution in [0.4, 0.5) is 5.13 Å². The van der Waals surface area contributed by atoms with E-state index in [-0.39, 0.29) is 5.91 Å². The Bertz CT molecular complexity index is 757. The van der Waals surface area contributed by atoms with Gasteiger partial charge in [-0.05, 0) is 25.1 Å². The summed E-state index contributed by atoms with van der Waals surface area (Å²) < 4.78 is 2.00. The van der Waals surface area contributed by atoms with Gasteiger partial charge in [-0.15, -0.1) is 11.3 Å². The first-order valence-electron chi connectivity index (χ1n) is 5.92. The van der Waals surface area contributed by atoms with Gasteiger partial charge in [-0.25, -0.2) is 4.98 Å². The summed E-state index contributed by atoms with van der Waals surface area (Å²) in [6.45, 7) is 1.91. The van der Waals surface area contributed by atoms with Crippen LogP contribution < -0.4 is 5.32 Å². The highest BCUT2D eigenvalue weighted by Gasteiger charge is 2.12. The number of hydrogen-bond acceptors (Lipinski definition) is 3.